The molecule has 0 radical (unpaired) electrons. The first-order valence-electron chi connectivity index (χ1n) is 9.52. The predicted octanol–water partition coefficient (Wildman–Crippen LogP) is 2.04. The number of hydrogen-bond donors (Lipinski definition) is 1. The Morgan fingerprint density at radius 1 is 1.17 bits per heavy atom. The number of carbonyl (C=O) groups excluding carboxylic acids is 1. The van der Waals surface area contributed by atoms with Crippen LogP contribution in [0.3, 0.4) is 0 Å². The molecule has 3 aliphatic rings. The summed E-state index contributed by atoms with van der Waals surface area (Å²) in [5, 5.41) is 14.9. The predicted molar refractivity (Wildman–Crippen MR) is 102 cm³/mol. The molecule has 156 valence electrons. The topological polar surface area (TPSA) is 78.7 Å². The third-order valence-corrected chi connectivity index (χ3v) is 5.62. The molecule has 11 heteroatoms. The highest BCUT2D eigenvalue weighted by Gasteiger charge is 2.45. The Bertz CT molecular complexity index is 1090. The largest absolute Gasteiger partial charge is 0.416 e. The van der Waals surface area contributed by atoms with E-state index in [-0.39, 0.29) is 30.2 Å². The van der Waals surface area contributed by atoms with Crippen molar-refractivity contribution in [3.8, 4) is 0 Å². The van der Waals surface area contributed by atoms with Gasteiger partial charge in [-0.2, -0.15) is 17.7 Å². The molecule has 0 saturated carbocycles. The van der Waals surface area contributed by atoms with Crippen LogP contribution in [0.5, 0.6) is 0 Å². The fraction of sp³-hybridized carbons (Fsp3) is 0.368. The first-order valence-corrected chi connectivity index (χ1v) is 9.52. The van der Waals surface area contributed by atoms with E-state index in [0.717, 1.165) is 37.5 Å². The van der Waals surface area contributed by atoms with E-state index in [1.165, 1.54) is 12.1 Å². The number of nitrogens with zero attached hydrogens (tertiary/aromatic N) is 6. The second kappa shape index (κ2) is 6.94. The van der Waals surface area contributed by atoms with Gasteiger partial charge in [0.2, 0.25) is 5.91 Å². The van der Waals surface area contributed by atoms with Gasteiger partial charge in [0.25, 0.3) is 0 Å². The molecule has 1 N–H and O–H groups in total. The molecule has 2 aromatic heterocycles. The van der Waals surface area contributed by atoms with E-state index in [0.29, 0.717) is 5.65 Å². The van der Waals surface area contributed by atoms with Gasteiger partial charge < -0.3 is 10.2 Å². The van der Waals surface area contributed by atoms with Crippen molar-refractivity contribution in [3.05, 3.63) is 48.3 Å². The summed E-state index contributed by atoms with van der Waals surface area (Å²) in [6.45, 7) is 1.61. The Hall–Kier alpha value is -3.21. The van der Waals surface area contributed by atoms with Crippen molar-refractivity contribution in [2.45, 2.75) is 24.7 Å². The summed E-state index contributed by atoms with van der Waals surface area (Å²) in [5.74, 6) is 0.506. The Morgan fingerprint density at radius 3 is 2.73 bits per heavy atom. The first kappa shape index (κ1) is 18.8. The molecule has 3 aliphatic heterocycles. The number of fused-ring (bicyclic) bond motifs is 3. The molecule has 6 rings (SSSR count). The number of halogens is 3. The summed E-state index contributed by atoms with van der Waals surface area (Å²) in [4.78, 5) is 16.7. The molecule has 3 fully saturated rings. The monoisotopic (exact) mass is 417 g/mol. The molecule has 5 heterocycles. The van der Waals surface area contributed by atoms with Gasteiger partial charge in [0, 0.05) is 30.9 Å². The maximum absolute atomic E-state index is 12.8. The van der Waals surface area contributed by atoms with Crippen LogP contribution in [0, 0.1) is 0 Å². The zero-order valence-corrected chi connectivity index (χ0v) is 15.8. The maximum atomic E-state index is 12.8. The van der Waals surface area contributed by atoms with Crippen LogP contribution in [-0.2, 0) is 11.0 Å². The normalized spacial score (nSPS) is 21.5. The van der Waals surface area contributed by atoms with Crippen molar-refractivity contribution in [1.82, 2.24) is 24.7 Å². The lowest BCUT2D eigenvalue weighted by Crippen LogP contribution is -2.69. The van der Waals surface area contributed by atoms with Gasteiger partial charge in [0.15, 0.2) is 5.65 Å². The van der Waals surface area contributed by atoms with Crippen LogP contribution in [-0.4, -0.2) is 62.3 Å². The second-order valence-corrected chi connectivity index (χ2v) is 7.57. The summed E-state index contributed by atoms with van der Waals surface area (Å²) in [6, 6.07) is 8.84. The highest BCUT2D eigenvalue weighted by molar-refractivity contribution is 5.92. The van der Waals surface area contributed by atoms with Gasteiger partial charge in [0.1, 0.15) is 12.1 Å². The molecule has 1 aromatic carbocycles. The van der Waals surface area contributed by atoms with Crippen LogP contribution in [0.4, 0.5) is 24.7 Å². The van der Waals surface area contributed by atoms with Crippen LogP contribution in [0.1, 0.15) is 12.0 Å². The molecule has 3 saturated heterocycles. The molecule has 0 aliphatic carbocycles. The van der Waals surface area contributed by atoms with Gasteiger partial charge in [0.05, 0.1) is 12.1 Å². The number of aromatic nitrogens is 4. The fourth-order valence-electron chi connectivity index (χ4n) is 4.16. The lowest BCUT2D eigenvalue weighted by molar-refractivity contribution is -0.137. The average Bonchev–Trinajstić information content (AvgIpc) is 3.19. The third kappa shape index (κ3) is 3.45. The van der Waals surface area contributed by atoms with E-state index < -0.39 is 11.7 Å². The minimum absolute atomic E-state index is 0.147. The number of hydrogen-bond acceptors (Lipinski definition) is 6. The average molecular weight is 417 g/mol. The van der Waals surface area contributed by atoms with Crippen LogP contribution < -0.4 is 10.2 Å². The van der Waals surface area contributed by atoms with Crippen molar-refractivity contribution < 1.29 is 18.0 Å². The summed E-state index contributed by atoms with van der Waals surface area (Å²) < 4.78 is 40.1. The van der Waals surface area contributed by atoms with E-state index in [9.17, 15) is 18.0 Å². The van der Waals surface area contributed by atoms with E-state index in [1.807, 2.05) is 12.1 Å². The second-order valence-electron chi connectivity index (χ2n) is 7.57. The molecular weight excluding hydrogens is 399 g/mol. The van der Waals surface area contributed by atoms with Crippen molar-refractivity contribution in [2.75, 3.05) is 29.9 Å². The quantitative estimate of drug-likeness (QED) is 0.700. The molecule has 2 unspecified atom stereocenters. The number of rotatable bonds is 4. The minimum atomic E-state index is -4.44. The van der Waals surface area contributed by atoms with Gasteiger partial charge in [-0.05, 0) is 36.8 Å². The highest BCUT2D eigenvalue weighted by atomic mass is 19.4. The van der Waals surface area contributed by atoms with Crippen molar-refractivity contribution >= 4 is 23.1 Å². The molecule has 0 spiro atoms. The molecule has 2 atom stereocenters. The van der Waals surface area contributed by atoms with Crippen LogP contribution in [0.25, 0.3) is 5.65 Å². The summed E-state index contributed by atoms with van der Waals surface area (Å²) in [6.07, 6.45) is -1.90. The summed E-state index contributed by atoms with van der Waals surface area (Å²) in [5.41, 5.74) is 0.0386. The van der Waals surface area contributed by atoms with E-state index in [1.54, 1.807) is 10.8 Å². The number of carbonyl (C=O) groups is 1. The number of nitrogens with one attached hydrogen (secondary N) is 1. The Morgan fingerprint density at radius 2 is 1.97 bits per heavy atom. The van der Waals surface area contributed by atoms with Crippen molar-refractivity contribution in [1.29, 1.82) is 0 Å². The SMILES string of the molecule is O=C(CN1C2CC1CN(c1ccc3nncn3n1)C2)Nc1cccc(C(F)(F)F)c1. The van der Waals surface area contributed by atoms with E-state index in [4.69, 9.17) is 0 Å². The highest BCUT2D eigenvalue weighted by Crippen LogP contribution is 2.34. The Labute approximate surface area is 169 Å². The first-order chi connectivity index (χ1) is 14.4. The van der Waals surface area contributed by atoms with Crippen LogP contribution >= 0.6 is 0 Å². The smallest absolute Gasteiger partial charge is 0.352 e. The summed E-state index contributed by atoms with van der Waals surface area (Å²) >= 11 is 0. The van der Waals surface area contributed by atoms with Crippen molar-refractivity contribution in [3.63, 3.8) is 0 Å². The van der Waals surface area contributed by atoms with E-state index in [2.05, 4.69) is 30.4 Å². The maximum Gasteiger partial charge on any atom is 0.416 e. The lowest BCUT2D eigenvalue weighted by atomic mass is 9.87. The zero-order valence-electron chi connectivity index (χ0n) is 15.8. The Balaban J connectivity index is 1.20. The molecule has 3 aromatic rings. The van der Waals surface area contributed by atoms with Crippen molar-refractivity contribution in [2.24, 2.45) is 0 Å². The molecule has 30 heavy (non-hydrogen) atoms. The number of benzene rings is 1. The molecule has 8 nitrogen and oxygen atoms in total. The number of piperazine rings is 1. The lowest BCUT2D eigenvalue weighted by Gasteiger charge is -2.56. The van der Waals surface area contributed by atoms with Gasteiger partial charge in [-0.15, -0.1) is 15.3 Å². The molecule has 2 bridgehead atoms. The Kier molecular flexibility index (Phi) is 4.35. The van der Waals surface area contributed by atoms with E-state index >= 15 is 0 Å². The molecular formula is C19H18F3N7O. The standard InChI is InChI=1S/C19H18F3N7O/c20-19(21,22)12-2-1-3-13(6-12)24-18(30)10-28-14-7-15(28)9-27(8-14)17-5-4-16-25-23-11-29(16)26-17/h1-6,11,14-15H,7-10H2,(H,24,30). The number of piperidine rings is 1. The zero-order chi connectivity index (χ0) is 20.9. The fourth-order valence-corrected chi connectivity index (χ4v) is 4.16. The van der Waals surface area contributed by atoms with Crippen LogP contribution in [0.2, 0.25) is 0 Å². The number of anilines is 2. The van der Waals surface area contributed by atoms with Gasteiger partial charge >= 0.3 is 6.18 Å². The van der Waals surface area contributed by atoms with Crippen LogP contribution in [0.15, 0.2) is 42.7 Å². The van der Waals surface area contributed by atoms with Gasteiger partial charge in [-0.3, -0.25) is 9.69 Å². The summed E-state index contributed by atoms with van der Waals surface area (Å²) in [7, 11) is 0. The minimum Gasteiger partial charge on any atom is -0.352 e. The number of amides is 1. The third-order valence-electron chi connectivity index (χ3n) is 5.62. The molecule has 1 amide bonds. The number of alkyl halides is 3. The van der Waals surface area contributed by atoms with Gasteiger partial charge in [-0.25, -0.2) is 0 Å². The van der Waals surface area contributed by atoms with Gasteiger partial charge in [-0.1, -0.05) is 6.07 Å².